The Balaban J connectivity index is 3.83. The Morgan fingerprint density at radius 2 is 1.48 bits per heavy atom. The van der Waals surface area contributed by atoms with Gasteiger partial charge in [-0.25, -0.2) is 0 Å². The second-order valence-corrected chi connectivity index (χ2v) is 8.84. The Morgan fingerprint density at radius 1 is 0.880 bits per heavy atom. The highest BCUT2D eigenvalue weighted by Crippen LogP contribution is 2.17. The van der Waals surface area contributed by atoms with E-state index < -0.39 is 8.80 Å². The third-order valence-corrected chi connectivity index (χ3v) is 7.05. The van der Waals surface area contributed by atoms with Crippen LogP contribution in [0.5, 0.6) is 0 Å². The molecule has 1 amide bonds. The van der Waals surface area contributed by atoms with Crippen LogP contribution in [0.3, 0.4) is 0 Å². The molecular formula is C19H40NO4Si. The van der Waals surface area contributed by atoms with Gasteiger partial charge in [0, 0.05) is 38.8 Å². The minimum atomic E-state index is -2.57. The molecule has 0 spiro atoms. The molecular weight excluding hydrogens is 334 g/mol. The molecule has 25 heavy (non-hydrogen) atoms. The Labute approximate surface area is 156 Å². The van der Waals surface area contributed by atoms with Crippen molar-refractivity contribution in [3.05, 3.63) is 6.42 Å². The summed E-state index contributed by atoms with van der Waals surface area (Å²) < 4.78 is 17.4. The standard InChI is InChI=1S/C19H40NO4Si/c1-5-9-10-11-12-13-14-16-19(21)20-17-15-18-25(22-6-2,23-7-3)24-8-4/h11H,5-10,12-18H2,1-4H3,(H,20,21). The van der Waals surface area contributed by atoms with E-state index in [-0.39, 0.29) is 5.91 Å². The Morgan fingerprint density at radius 3 is 2.04 bits per heavy atom. The maximum absolute atomic E-state index is 11.9. The van der Waals surface area contributed by atoms with Crippen molar-refractivity contribution in [2.24, 2.45) is 0 Å². The molecule has 0 aliphatic carbocycles. The number of nitrogens with one attached hydrogen (secondary N) is 1. The fraction of sp³-hybridized carbons (Fsp3) is 0.895. The van der Waals surface area contributed by atoms with Gasteiger partial charge in [0.15, 0.2) is 0 Å². The monoisotopic (exact) mass is 374 g/mol. The number of rotatable bonds is 18. The largest absolute Gasteiger partial charge is 0.500 e. The fourth-order valence-corrected chi connectivity index (χ4v) is 5.30. The number of hydrogen-bond donors (Lipinski definition) is 1. The lowest BCUT2D eigenvalue weighted by Crippen LogP contribution is -2.46. The molecule has 6 heteroatoms. The molecule has 0 rings (SSSR count). The lowest BCUT2D eigenvalue weighted by Gasteiger charge is -2.28. The van der Waals surface area contributed by atoms with Crippen molar-refractivity contribution < 1.29 is 18.1 Å². The van der Waals surface area contributed by atoms with Crippen LogP contribution >= 0.6 is 0 Å². The van der Waals surface area contributed by atoms with E-state index in [1.54, 1.807) is 0 Å². The highest BCUT2D eigenvalue weighted by atomic mass is 28.4. The van der Waals surface area contributed by atoms with Crippen molar-refractivity contribution in [2.75, 3.05) is 26.4 Å². The Hall–Kier alpha value is -0.433. The second-order valence-electron chi connectivity index (χ2n) is 6.11. The van der Waals surface area contributed by atoms with Crippen LogP contribution in [0.15, 0.2) is 0 Å². The number of amides is 1. The van der Waals surface area contributed by atoms with Crippen LogP contribution in [0.4, 0.5) is 0 Å². The topological polar surface area (TPSA) is 56.8 Å². The molecule has 0 bridgehead atoms. The summed E-state index contributed by atoms with van der Waals surface area (Å²) in [6.07, 6.45) is 10.7. The van der Waals surface area contributed by atoms with Gasteiger partial charge in [0.05, 0.1) is 0 Å². The molecule has 0 saturated carbocycles. The molecule has 0 fully saturated rings. The molecule has 149 valence electrons. The van der Waals surface area contributed by atoms with E-state index in [4.69, 9.17) is 13.3 Å². The number of carbonyl (C=O) groups is 1. The van der Waals surface area contributed by atoms with E-state index in [9.17, 15) is 4.79 Å². The third kappa shape index (κ3) is 13.4. The summed E-state index contributed by atoms with van der Waals surface area (Å²) in [4.78, 5) is 11.9. The summed E-state index contributed by atoms with van der Waals surface area (Å²) in [6, 6.07) is 0.745. The minimum Gasteiger partial charge on any atom is -0.374 e. The predicted molar refractivity (Wildman–Crippen MR) is 105 cm³/mol. The Bertz CT molecular complexity index is 299. The first kappa shape index (κ1) is 24.6. The lowest BCUT2D eigenvalue weighted by atomic mass is 10.1. The summed E-state index contributed by atoms with van der Waals surface area (Å²) in [5.41, 5.74) is 0. The van der Waals surface area contributed by atoms with Crippen molar-refractivity contribution in [3.8, 4) is 0 Å². The van der Waals surface area contributed by atoms with Crippen molar-refractivity contribution in [1.82, 2.24) is 5.32 Å². The van der Waals surface area contributed by atoms with Gasteiger partial charge in [-0.1, -0.05) is 39.0 Å². The van der Waals surface area contributed by atoms with Gasteiger partial charge in [0.1, 0.15) is 0 Å². The highest BCUT2D eigenvalue weighted by Gasteiger charge is 2.39. The van der Waals surface area contributed by atoms with E-state index in [2.05, 4.69) is 18.7 Å². The van der Waals surface area contributed by atoms with Crippen LogP contribution in [0, 0.1) is 6.42 Å². The summed E-state index contributed by atoms with van der Waals surface area (Å²) >= 11 is 0. The van der Waals surface area contributed by atoms with Crippen LogP contribution in [-0.2, 0) is 18.1 Å². The van der Waals surface area contributed by atoms with E-state index in [1.165, 1.54) is 19.3 Å². The Kier molecular flexibility index (Phi) is 16.7. The van der Waals surface area contributed by atoms with Gasteiger partial charge < -0.3 is 18.6 Å². The summed E-state index contributed by atoms with van der Waals surface area (Å²) in [7, 11) is -2.57. The van der Waals surface area contributed by atoms with Crippen LogP contribution in [0.2, 0.25) is 6.04 Å². The molecule has 0 atom stereocenters. The zero-order valence-corrected chi connectivity index (χ0v) is 17.9. The third-order valence-electron chi connectivity index (χ3n) is 3.90. The van der Waals surface area contributed by atoms with Gasteiger partial charge in [-0.15, -0.1) is 0 Å². The molecule has 0 saturated heterocycles. The van der Waals surface area contributed by atoms with Crippen LogP contribution in [0.25, 0.3) is 0 Å². The van der Waals surface area contributed by atoms with Gasteiger partial charge in [-0.2, -0.15) is 0 Å². The lowest BCUT2D eigenvalue weighted by molar-refractivity contribution is -0.121. The van der Waals surface area contributed by atoms with E-state index >= 15 is 0 Å². The average molecular weight is 375 g/mol. The molecule has 1 radical (unpaired) electrons. The van der Waals surface area contributed by atoms with Gasteiger partial charge in [0.25, 0.3) is 0 Å². The first-order chi connectivity index (χ1) is 12.1. The second kappa shape index (κ2) is 17.0. The molecule has 0 aromatic rings. The molecule has 0 aliphatic rings. The van der Waals surface area contributed by atoms with Gasteiger partial charge in [0.2, 0.25) is 5.91 Å². The van der Waals surface area contributed by atoms with Gasteiger partial charge in [-0.3, -0.25) is 4.79 Å². The zero-order valence-electron chi connectivity index (χ0n) is 16.9. The van der Waals surface area contributed by atoms with Crippen LogP contribution in [0.1, 0.15) is 79.1 Å². The predicted octanol–water partition coefficient (Wildman–Crippen LogP) is 4.50. The maximum Gasteiger partial charge on any atom is 0.500 e. The van der Waals surface area contributed by atoms with Crippen LogP contribution in [-0.4, -0.2) is 41.1 Å². The average Bonchev–Trinajstić information content (AvgIpc) is 2.59. The first-order valence-electron chi connectivity index (χ1n) is 10.1. The van der Waals surface area contributed by atoms with E-state index in [0.29, 0.717) is 32.8 Å². The normalized spacial score (nSPS) is 11.7. The highest BCUT2D eigenvalue weighted by molar-refractivity contribution is 6.60. The summed E-state index contributed by atoms with van der Waals surface area (Å²) in [5.74, 6) is 0.144. The minimum absolute atomic E-state index is 0.144. The quantitative estimate of drug-likeness (QED) is 0.283. The van der Waals surface area contributed by atoms with Gasteiger partial charge in [-0.05, 0) is 40.0 Å². The number of hydrogen-bond acceptors (Lipinski definition) is 4. The SMILES string of the molecule is CCCC[CH]CCCCC(=O)NCCC[Si](OCC)(OCC)OCC. The molecule has 0 heterocycles. The zero-order chi connectivity index (χ0) is 18.8. The molecule has 5 nitrogen and oxygen atoms in total. The van der Waals surface area contributed by atoms with Crippen molar-refractivity contribution in [3.63, 3.8) is 0 Å². The summed E-state index contributed by atoms with van der Waals surface area (Å²) in [6.45, 7) is 10.5. The van der Waals surface area contributed by atoms with Crippen molar-refractivity contribution in [2.45, 2.75) is 85.1 Å². The smallest absolute Gasteiger partial charge is 0.374 e. The maximum atomic E-state index is 11.9. The van der Waals surface area contributed by atoms with E-state index in [0.717, 1.165) is 31.7 Å². The molecule has 1 N–H and O–H groups in total. The van der Waals surface area contributed by atoms with Crippen molar-refractivity contribution in [1.29, 1.82) is 0 Å². The molecule has 0 aromatic heterocycles. The summed E-state index contributed by atoms with van der Waals surface area (Å²) in [5, 5.41) is 3.00. The van der Waals surface area contributed by atoms with Crippen LogP contribution < -0.4 is 5.32 Å². The van der Waals surface area contributed by atoms with E-state index in [1.807, 2.05) is 20.8 Å². The van der Waals surface area contributed by atoms with Crippen molar-refractivity contribution >= 4 is 14.7 Å². The number of unbranched alkanes of at least 4 members (excludes halogenated alkanes) is 6. The molecule has 0 unspecified atom stereocenters. The first-order valence-corrected chi connectivity index (χ1v) is 12.1. The molecule has 0 aliphatic heterocycles. The fourth-order valence-electron chi connectivity index (χ4n) is 2.69. The van der Waals surface area contributed by atoms with Gasteiger partial charge >= 0.3 is 8.80 Å². The molecule has 0 aromatic carbocycles. The number of carbonyl (C=O) groups excluding carboxylic acids is 1.